The van der Waals surface area contributed by atoms with Crippen molar-refractivity contribution in [3.63, 3.8) is 0 Å². The van der Waals surface area contributed by atoms with E-state index in [2.05, 4.69) is 5.16 Å². The Bertz CT molecular complexity index is 904. The topological polar surface area (TPSA) is 75.9 Å². The average Bonchev–Trinajstić information content (AvgIpc) is 3.49. The van der Waals surface area contributed by atoms with Crippen molar-refractivity contribution in [3.05, 3.63) is 41.0 Å². The van der Waals surface area contributed by atoms with Gasteiger partial charge in [0.2, 0.25) is 5.91 Å². The van der Waals surface area contributed by atoms with Crippen LogP contribution in [-0.2, 0) is 9.53 Å². The number of aromatic nitrogens is 1. The number of hydrogen-bond acceptors (Lipinski definition) is 5. The largest absolute Gasteiger partial charge is 0.376 e. The summed E-state index contributed by atoms with van der Waals surface area (Å²) in [5.41, 5.74) is 0.975. The molecule has 1 aromatic carbocycles. The van der Waals surface area contributed by atoms with Crippen LogP contribution in [0.5, 0.6) is 0 Å². The molecule has 166 valence electrons. The summed E-state index contributed by atoms with van der Waals surface area (Å²) in [6.07, 6.45) is 5.48. The molecule has 0 aliphatic carbocycles. The first kappa shape index (κ1) is 21.8. The molecule has 1 unspecified atom stereocenters. The Hall–Kier alpha value is -2.38. The van der Waals surface area contributed by atoms with Crippen LogP contribution in [0.1, 0.15) is 49.0 Å². The van der Waals surface area contributed by atoms with Crippen LogP contribution in [0.4, 0.5) is 0 Å². The highest BCUT2D eigenvalue weighted by Crippen LogP contribution is 2.24. The van der Waals surface area contributed by atoms with Gasteiger partial charge in [0.15, 0.2) is 11.5 Å². The second kappa shape index (κ2) is 10.3. The number of hydrogen-bond donors (Lipinski definition) is 0. The fourth-order valence-corrected chi connectivity index (χ4v) is 4.35. The first-order valence-corrected chi connectivity index (χ1v) is 11.4. The summed E-state index contributed by atoms with van der Waals surface area (Å²) in [5, 5.41) is 4.57. The van der Waals surface area contributed by atoms with Gasteiger partial charge >= 0.3 is 0 Å². The van der Waals surface area contributed by atoms with Gasteiger partial charge in [-0.05, 0) is 44.2 Å². The first-order valence-electron chi connectivity index (χ1n) is 11.0. The molecule has 1 aromatic heterocycles. The van der Waals surface area contributed by atoms with E-state index >= 15 is 0 Å². The van der Waals surface area contributed by atoms with Crippen molar-refractivity contribution < 1.29 is 18.8 Å². The Morgan fingerprint density at radius 1 is 1.16 bits per heavy atom. The molecule has 2 aromatic rings. The van der Waals surface area contributed by atoms with Crippen molar-refractivity contribution in [1.82, 2.24) is 15.0 Å². The fourth-order valence-electron chi connectivity index (χ4n) is 4.16. The Kier molecular flexibility index (Phi) is 7.25. The minimum absolute atomic E-state index is 0.00617. The lowest BCUT2D eigenvalue weighted by Gasteiger charge is -2.29. The lowest BCUT2D eigenvalue weighted by atomic mass is 10.1. The van der Waals surface area contributed by atoms with Crippen LogP contribution >= 0.6 is 11.6 Å². The van der Waals surface area contributed by atoms with E-state index in [1.54, 1.807) is 23.1 Å². The number of likely N-dealkylation sites (tertiary alicyclic amines) is 1. The van der Waals surface area contributed by atoms with E-state index in [0.717, 1.165) is 44.3 Å². The summed E-state index contributed by atoms with van der Waals surface area (Å²) in [7, 11) is 0. The van der Waals surface area contributed by atoms with E-state index in [4.69, 9.17) is 20.9 Å². The molecule has 2 saturated heterocycles. The number of carbonyl (C=O) groups is 2. The van der Waals surface area contributed by atoms with E-state index in [-0.39, 0.29) is 23.6 Å². The average molecular weight is 446 g/mol. The first-order chi connectivity index (χ1) is 15.1. The molecule has 4 rings (SSSR count). The second-order valence-corrected chi connectivity index (χ2v) is 8.60. The Balaban J connectivity index is 1.45. The molecule has 0 radical (unpaired) electrons. The van der Waals surface area contributed by atoms with E-state index in [1.165, 1.54) is 6.42 Å². The maximum Gasteiger partial charge on any atom is 0.276 e. The molecule has 31 heavy (non-hydrogen) atoms. The van der Waals surface area contributed by atoms with Gasteiger partial charge in [-0.15, -0.1) is 0 Å². The van der Waals surface area contributed by atoms with E-state index in [0.29, 0.717) is 36.9 Å². The quantitative estimate of drug-likeness (QED) is 0.643. The molecule has 0 bridgehead atoms. The van der Waals surface area contributed by atoms with Crippen molar-refractivity contribution in [1.29, 1.82) is 0 Å². The van der Waals surface area contributed by atoms with Crippen LogP contribution in [-0.4, -0.2) is 65.7 Å². The van der Waals surface area contributed by atoms with Crippen molar-refractivity contribution in [2.24, 2.45) is 0 Å². The molecule has 2 aliphatic rings. The number of benzene rings is 1. The highest BCUT2D eigenvalue weighted by Gasteiger charge is 2.27. The third kappa shape index (κ3) is 5.66. The van der Waals surface area contributed by atoms with Gasteiger partial charge in [-0.3, -0.25) is 9.59 Å². The number of nitrogens with zero attached hydrogens (tertiary/aromatic N) is 3. The van der Waals surface area contributed by atoms with Gasteiger partial charge in [0, 0.05) is 55.9 Å². The molecule has 0 saturated carbocycles. The molecule has 2 amide bonds. The van der Waals surface area contributed by atoms with E-state index in [1.807, 2.05) is 17.0 Å². The van der Waals surface area contributed by atoms with Gasteiger partial charge in [0.1, 0.15) is 0 Å². The summed E-state index contributed by atoms with van der Waals surface area (Å²) >= 11 is 6.06. The Morgan fingerprint density at radius 3 is 2.74 bits per heavy atom. The SMILES string of the molecule is O=C(CCN(CC1CCCO1)C(=O)c1cc(-c2cccc(Cl)c2)on1)N1CCCCC1. The molecule has 2 fully saturated rings. The number of rotatable bonds is 7. The fraction of sp³-hybridized carbons (Fsp3) is 0.522. The minimum Gasteiger partial charge on any atom is -0.376 e. The smallest absolute Gasteiger partial charge is 0.276 e. The second-order valence-electron chi connectivity index (χ2n) is 8.16. The number of piperidine rings is 1. The number of ether oxygens (including phenoxy) is 1. The van der Waals surface area contributed by atoms with Crippen LogP contribution in [0.3, 0.4) is 0 Å². The minimum atomic E-state index is -0.251. The molecule has 8 heteroatoms. The van der Waals surface area contributed by atoms with Gasteiger partial charge in [-0.2, -0.15) is 0 Å². The lowest BCUT2D eigenvalue weighted by molar-refractivity contribution is -0.132. The number of halogens is 1. The molecule has 0 N–H and O–H groups in total. The van der Waals surface area contributed by atoms with Gasteiger partial charge in [0.05, 0.1) is 6.10 Å². The molecule has 3 heterocycles. The molecule has 2 aliphatic heterocycles. The Labute approximate surface area is 187 Å². The van der Waals surface area contributed by atoms with Crippen molar-refractivity contribution in [2.45, 2.75) is 44.6 Å². The van der Waals surface area contributed by atoms with Crippen LogP contribution in [0, 0.1) is 0 Å². The van der Waals surface area contributed by atoms with Crippen LogP contribution < -0.4 is 0 Å². The van der Waals surface area contributed by atoms with Gasteiger partial charge in [-0.25, -0.2) is 0 Å². The zero-order valence-corrected chi connectivity index (χ0v) is 18.4. The molecule has 0 spiro atoms. The van der Waals surface area contributed by atoms with Gasteiger partial charge in [0.25, 0.3) is 5.91 Å². The molecule has 7 nitrogen and oxygen atoms in total. The van der Waals surface area contributed by atoms with Crippen LogP contribution in [0.25, 0.3) is 11.3 Å². The maximum absolute atomic E-state index is 13.2. The normalized spacial score (nSPS) is 18.9. The maximum atomic E-state index is 13.2. The third-order valence-electron chi connectivity index (χ3n) is 5.88. The Morgan fingerprint density at radius 2 is 2.00 bits per heavy atom. The van der Waals surface area contributed by atoms with Crippen molar-refractivity contribution in [2.75, 3.05) is 32.8 Å². The molecular formula is C23H28ClN3O4. The predicted molar refractivity (Wildman–Crippen MR) is 117 cm³/mol. The lowest BCUT2D eigenvalue weighted by Crippen LogP contribution is -2.42. The van der Waals surface area contributed by atoms with Gasteiger partial charge < -0.3 is 19.1 Å². The summed E-state index contributed by atoms with van der Waals surface area (Å²) < 4.78 is 11.1. The zero-order valence-electron chi connectivity index (χ0n) is 17.6. The van der Waals surface area contributed by atoms with E-state index < -0.39 is 0 Å². The summed E-state index contributed by atoms with van der Waals surface area (Å²) in [4.78, 5) is 29.4. The summed E-state index contributed by atoms with van der Waals surface area (Å²) in [6.45, 7) is 3.12. The van der Waals surface area contributed by atoms with Gasteiger partial charge in [-0.1, -0.05) is 28.9 Å². The van der Waals surface area contributed by atoms with E-state index in [9.17, 15) is 9.59 Å². The standard InChI is InChI=1S/C23H28ClN3O4/c24-18-7-4-6-17(14-18)21-15-20(25-31-21)23(29)27(16-19-8-5-13-30-19)12-9-22(28)26-10-2-1-3-11-26/h4,6-7,14-15,19H,1-3,5,8-13,16H2. The molecular weight excluding hydrogens is 418 g/mol. The highest BCUT2D eigenvalue weighted by atomic mass is 35.5. The summed E-state index contributed by atoms with van der Waals surface area (Å²) in [6, 6.07) is 8.83. The predicted octanol–water partition coefficient (Wildman–Crippen LogP) is 4.02. The third-order valence-corrected chi connectivity index (χ3v) is 6.11. The number of carbonyl (C=O) groups excluding carboxylic acids is 2. The van der Waals surface area contributed by atoms with Crippen molar-refractivity contribution >= 4 is 23.4 Å². The van der Waals surface area contributed by atoms with Crippen molar-refractivity contribution in [3.8, 4) is 11.3 Å². The summed E-state index contributed by atoms with van der Waals surface area (Å²) in [5.74, 6) is 0.330. The number of amides is 2. The highest BCUT2D eigenvalue weighted by molar-refractivity contribution is 6.30. The molecule has 1 atom stereocenters. The zero-order chi connectivity index (χ0) is 21.6. The van der Waals surface area contributed by atoms with Crippen LogP contribution in [0.15, 0.2) is 34.9 Å². The van der Waals surface area contributed by atoms with Crippen LogP contribution in [0.2, 0.25) is 5.02 Å². The monoisotopic (exact) mass is 445 g/mol.